The van der Waals surface area contributed by atoms with E-state index in [1.54, 1.807) is 0 Å². The third-order valence-electron chi connectivity index (χ3n) is 6.59. The van der Waals surface area contributed by atoms with Crippen molar-refractivity contribution in [3.05, 3.63) is 69.5 Å². The Labute approximate surface area is 194 Å². The number of nitrogens with zero attached hydrogens (tertiary/aromatic N) is 1. The first-order chi connectivity index (χ1) is 15.2. The molecule has 0 aromatic heterocycles. The van der Waals surface area contributed by atoms with Crippen molar-refractivity contribution >= 4 is 27.5 Å². The number of sulfonamides is 1. The minimum absolute atomic E-state index is 0.0165. The molecule has 2 aliphatic rings. The van der Waals surface area contributed by atoms with Crippen LogP contribution in [0.3, 0.4) is 0 Å². The summed E-state index contributed by atoms with van der Waals surface area (Å²) < 4.78 is 41.0. The Balaban J connectivity index is 1.33. The first kappa shape index (κ1) is 23.2. The zero-order valence-corrected chi connectivity index (χ0v) is 19.7. The maximum Gasteiger partial charge on any atom is 0.223 e. The highest BCUT2D eigenvalue weighted by Crippen LogP contribution is 2.28. The summed E-state index contributed by atoms with van der Waals surface area (Å²) in [5, 5.41) is 3.19. The molecule has 0 bridgehead atoms. The monoisotopic (exact) mass is 478 g/mol. The molecule has 1 amide bonds. The topological polar surface area (TPSA) is 66.5 Å². The predicted molar refractivity (Wildman–Crippen MR) is 123 cm³/mol. The van der Waals surface area contributed by atoms with Crippen LogP contribution in [0.1, 0.15) is 54.5 Å². The smallest absolute Gasteiger partial charge is 0.223 e. The molecule has 1 fully saturated rings. The average molecular weight is 479 g/mol. The summed E-state index contributed by atoms with van der Waals surface area (Å²) >= 11 is 5.99. The van der Waals surface area contributed by atoms with E-state index in [1.165, 1.54) is 40.1 Å². The molecule has 2 aromatic carbocycles. The van der Waals surface area contributed by atoms with Crippen LogP contribution in [0.5, 0.6) is 0 Å². The molecule has 0 radical (unpaired) electrons. The molecular formula is C24H28ClFN2O3S. The number of aryl methyl sites for hydroxylation is 2. The number of fused-ring (bicyclic) bond motifs is 1. The molecule has 1 N–H and O–H groups in total. The molecule has 0 unspecified atom stereocenters. The van der Waals surface area contributed by atoms with Crippen molar-refractivity contribution in [2.75, 3.05) is 13.1 Å². The largest absolute Gasteiger partial charge is 0.349 e. The van der Waals surface area contributed by atoms with Crippen molar-refractivity contribution in [1.29, 1.82) is 0 Å². The van der Waals surface area contributed by atoms with E-state index in [-0.39, 0.29) is 41.5 Å². The fraction of sp³-hybridized carbons (Fsp3) is 0.458. The van der Waals surface area contributed by atoms with Gasteiger partial charge in [0.15, 0.2) is 0 Å². The van der Waals surface area contributed by atoms with Gasteiger partial charge in [-0.2, -0.15) is 0 Å². The van der Waals surface area contributed by atoms with Crippen molar-refractivity contribution in [1.82, 2.24) is 9.62 Å². The Morgan fingerprint density at radius 2 is 1.91 bits per heavy atom. The van der Waals surface area contributed by atoms with Crippen molar-refractivity contribution in [3.63, 3.8) is 0 Å². The molecule has 1 heterocycles. The second-order valence-electron chi connectivity index (χ2n) is 8.74. The van der Waals surface area contributed by atoms with Gasteiger partial charge < -0.3 is 5.32 Å². The molecule has 1 aliphatic heterocycles. The summed E-state index contributed by atoms with van der Waals surface area (Å²) in [6.07, 6.45) is 4.28. The number of carbonyl (C=O) groups excluding carboxylic acids is 1. The number of halogens is 2. The van der Waals surface area contributed by atoms with E-state index in [9.17, 15) is 17.6 Å². The first-order valence-corrected chi connectivity index (χ1v) is 13.1. The van der Waals surface area contributed by atoms with E-state index in [0.29, 0.717) is 12.8 Å². The van der Waals surface area contributed by atoms with E-state index in [4.69, 9.17) is 11.6 Å². The summed E-state index contributed by atoms with van der Waals surface area (Å²) in [6.45, 7) is 2.45. The number of amides is 1. The summed E-state index contributed by atoms with van der Waals surface area (Å²) in [7, 11) is -3.73. The van der Waals surface area contributed by atoms with Gasteiger partial charge in [-0.05, 0) is 67.9 Å². The Morgan fingerprint density at radius 1 is 1.19 bits per heavy atom. The van der Waals surface area contributed by atoms with Crippen molar-refractivity contribution < 1.29 is 17.6 Å². The van der Waals surface area contributed by atoms with E-state index in [2.05, 4.69) is 23.5 Å². The first-order valence-electron chi connectivity index (χ1n) is 11.1. The number of piperidine rings is 1. The predicted octanol–water partition coefficient (Wildman–Crippen LogP) is 4.39. The van der Waals surface area contributed by atoms with Gasteiger partial charge in [0, 0.05) is 29.6 Å². The van der Waals surface area contributed by atoms with Crippen LogP contribution in [0.25, 0.3) is 0 Å². The lowest BCUT2D eigenvalue weighted by Gasteiger charge is -2.31. The van der Waals surface area contributed by atoms with E-state index >= 15 is 0 Å². The molecule has 2 aromatic rings. The lowest BCUT2D eigenvalue weighted by atomic mass is 9.96. The van der Waals surface area contributed by atoms with Crippen LogP contribution in [0, 0.1) is 11.7 Å². The maximum atomic E-state index is 14.0. The van der Waals surface area contributed by atoms with Crippen LogP contribution in [0.2, 0.25) is 5.02 Å². The van der Waals surface area contributed by atoms with E-state index < -0.39 is 21.6 Å². The van der Waals surface area contributed by atoms with Gasteiger partial charge in [0.2, 0.25) is 15.9 Å². The van der Waals surface area contributed by atoms with Gasteiger partial charge in [-0.25, -0.2) is 17.1 Å². The zero-order chi connectivity index (χ0) is 22.9. The Morgan fingerprint density at radius 3 is 2.62 bits per heavy atom. The number of carbonyl (C=O) groups is 1. The lowest BCUT2D eigenvalue weighted by molar-refractivity contribution is -0.126. The standard InChI is InChI=1S/C24H28ClFN2O3S/c1-16(19-9-8-17-4-2-5-20(17)14-19)27-24(29)18-10-12-28(13-11-18)32(30,31)15-21-22(25)6-3-7-23(21)26/h3,6-9,14,16,18H,2,4-5,10-13,15H2,1H3,(H,27,29)/t16-/m0/s1. The van der Waals surface area contributed by atoms with Gasteiger partial charge in [-0.1, -0.05) is 35.9 Å². The van der Waals surface area contributed by atoms with Gasteiger partial charge in [0.05, 0.1) is 11.8 Å². The number of hydrogen-bond acceptors (Lipinski definition) is 3. The van der Waals surface area contributed by atoms with Gasteiger partial charge >= 0.3 is 0 Å². The van der Waals surface area contributed by atoms with Crippen LogP contribution >= 0.6 is 11.6 Å². The van der Waals surface area contributed by atoms with Crippen LogP contribution < -0.4 is 5.32 Å². The highest BCUT2D eigenvalue weighted by atomic mass is 35.5. The fourth-order valence-corrected chi connectivity index (χ4v) is 6.53. The quantitative estimate of drug-likeness (QED) is 0.669. The van der Waals surface area contributed by atoms with Gasteiger partial charge in [0.1, 0.15) is 5.82 Å². The van der Waals surface area contributed by atoms with Crippen LogP contribution in [-0.4, -0.2) is 31.7 Å². The van der Waals surface area contributed by atoms with Crippen LogP contribution in [0.4, 0.5) is 4.39 Å². The fourth-order valence-electron chi connectivity index (χ4n) is 4.62. The SMILES string of the molecule is C[C@H](NC(=O)C1CCN(S(=O)(=O)Cc2c(F)cccc2Cl)CC1)c1ccc2c(c1)CCC2. The molecule has 4 rings (SSSR count). The van der Waals surface area contributed by atoms with Crippen molar-refractivity contribution in [2.24, 2.45) is 5.92 Å². The zero-order valence-electron chi connectivity index (χ0n) is 18.1. The normalized spacial score (nSPS) is 18.3. The van der Waals surface area contributed by atoms with Crippen molar-refractivity contribution in [3.8, 4) is 0 Å². The molecule has 8 heteroatoms. The van der Waals surface area contributed by atoms with Crippen molar-refractivity contribution in [2.45, 2.75) is 50.8 Å². The number of hydrogen-bond donors (Lipinski definition) is 1. The molecule has 5 nitrogen and oxygen atoms in total. The number of rotatable bonds is 6. The highest BCUT2D eigenvalue weighted by molar-refractivity contribution is 7.88. The third kappa shape index (κ3) is 5.00. The Hall–Kier alpha value is -1.96. The molecule has 0 spiro atoms. The third-order valence-corrected chi connectivity index (χ3v) is 8.75. The maximum absolute atomic E-state index is 14.0. The minimum Gasteiger partial charge on any atom is -0.349 e. The van der Waals surface area contributed by atoms with E-state index in [1.807, 2.05) is 6.92 Å². The van der Waals surface area contributed by atoms with Gasteiger partial charge in [-0.15, -0.1) is 0 Å². The second-order valence-corrected chi connectivity index (χ2v) is 11.1. The van der Waals surface area contributed by atoms with Gasteiger partial charge in [-0.3, -0.25) is 4.79 Å². The highest BCUT2D eigenvalue weighted by Gasteiger charge is 2.32. The molecule has 172 valence electrons. The molecular weight excluding hydrogens is 451 g/mol. The average Bonchev–Trinajstić information content (AvgIpc) is 3.24. The van der Waals surface area contributed by atoms with Gasteiger partial charge in [0.25, 0.3) is 0 Å². The van der Waals surface area contributed by atoms with E-state index in [0.717, 1.165) is 18.4 Å². The molecule has 0 saturated carbocycles. The van der Waals surface area contributed by atoms with Crippen LogP contribution in [-0.2, 0) is 33.4 Å². The Kier molecular flexibility index (Phi) is 6.89. The molecule has 32 heavy (non-hydrogen) atoms. The Bertz CT molecular complexity index is 1090. The lowest BCUT2D eigenvalue weighted by Crippen LogP contribution is -2.43. The molecule has 1 saturated heterocycles. The summed E-state index contributed by atoms with van der Waals surface area (Å²) in [5.74, 6) is -1.40. The number of nitrogens with one attached hydrogen (secondary N) is 1. The summed E-state index contributed by atoms with van der Waals surface area (Å²) in [6, 6.07) is 10.5. The minimum atomic E-state index is -3.73. The molecule has 1 aliphatic carbocycles. The summed E-state index contributed by atoms with van der Waals surface area (Å²) in [5.41, 5.74) is 3.85. The number of benzene rings is 2. The summed E-state index contributed by atoms with van der Waals surface area (Å²) in [4.78, 5) is 12.8. The molecule has 1 atom stereocenters. The van der Waals surface area contributed by atoms with Crippen LogP contribution in [0.15, 0.2) is 36.4 Å². The second kappa shape index (κ2) is 9.49.